The molecule has 0 saturated heterocycles. The van der Waals surface area contributed by atoms with E-state index in [1.54, 1.807) is 10.9 Å². The van der Waals surface area contributed by atoms with E-state index in [9.17, 15) is 0 Å². The first-order chi connectivity index (χ1) is 9.83. The van der Waals surface area contributed by atoms with E-state index < -0.39 is 0 Å². The van der Waals surface area contributed by atoms with Crippen molar-refractivity contribution in [2.45, 2.75) is 38.8 Å². The van der Waals surface area contributed by atoms with Crippen molar-refractivity contribution in [2.24, 2.45) is 5.73 Å². The summed E-state index contributed by atoms with van der Waals surface area (Å²) in [6.45, 7) is 5.16. The number of rotatable bonds is 11. The second-order valence-corrected chi connectivity index (χ2v) is 4.43. The predicted octanol–water partition coefficient (Wildman–Crippen LogP) is 0.832. The van der Waals surface area contributed by atoms with E-state index in [0.29, 0.717) is 26.4 Å². The Morgan fingerprint density at radius 2 is 2.20 bits per heavy atom. The van der Waals surface area contributed by atoms with Crippen molar-refractivity contribution in [2.75, 3.05) is 26.4 Å². The van der Waals surface area contributed by atoms with E-state index in [1.807, 2.05) is 13.1 Å². The van der Waals surface area contributed by atoms with Crippen molar-refractivity contribution in [1.82, 2.24) is 15.0 Å². The van der Waals surface area contributed by atoms with Crippen LogP contribution in [0.2, 0.25) is 0 Å². The molecule has 1 aromatic rings. The van der Waals surface area contributed by atoms with E-state index in [1.165, 1.54) is 0 Å². The van der Waals surface area contributed by atoms with Crippen LogP contribution in [0.4, 0.5) is 0 Å². The molecule has 2 N–H and O–H groups in total. The van der Waals surface area contributed by atoms with Gasteiger partial charge in [-0.3, -0.25) is 4.68 Å². The first-order valence-electron chi connectivity index (χ1n) is 6.97. The van der Waals surface area contributed by atoms with Crippen LogP contribution in [0.3, 0.4) is 0 Å². The molecule has 0 aliphatic heterocycles. The average molecular weight is 280 g/mol. The van der Waals surface area contributed by atoms with E-state index in [-0.39, 0.29) is 6.04 Å². The van der Waals surface area contributed by atoms with Gasteiger partial charge in [-0.05, 0) is 19.8 Å². The molecule has 1 unspecified atom stereocenters. The van der Waals surface area contributed by atoms with Gasteiger partial charge in [0.15, 0.2) is 0 Å². The Kier molecular flexibility index (Phi) is 9.49. The molecule has 0 saturated carbocycles. The fraction of sp³-hybridized carbons (Fsp3) is 0.714. The van der Waals surface area contributed by atoms with Crippen molar-refractivity contribution in [1.29, 1.82) is 0 Å². The van der Waals surface area contributed by atoms with Crippen molar-refractivity contribution >= 4 is 0 Å². The number of hydrogen-bond acceptors (Lipinski definition) is 5. The highest BCUT2D eigenvalue weighted by atomic mass is 16.5. The Balaban J connectivity index is 1.86. The van der Waals surface area contributed by atoms with E-state index in [0.717, 1.165) is 25.8 Å². The minimum Gasteiger partial charge on any atom is -0.380 e. The van der Waals surface area contributed by atoms with Gasteiger partial charge in [0.05, 0.1) is 32.6 Å². The first kappa shape index (κ1) is 16.6. The number of nitrogens with zero attached hydrogens (tertiary/aromatic N) is 3. The Morgan fingerprint density at radius 1 is 1.30 bits per heavy atom. The van der Waals surface area contributed by atoms with E-state index >= 15 is 0 Å². The van der Waals surface area contributed by atoms with Gasteiger partial charge in [-0.15, -0.1) is 16.9 Å². The third kappa shape index (κ3) is 8.64. The Bertz CT molecular complexity index is 384. The molecule has 6 heteroatoms. The maximum atomic E-state index is 5.94. The molecule has 6 nitrogen and oxygen atoms in total. The van der Waals surface area contributed by atoms with Crippen LogP contribution in [0.1, 0.15) is 26.2 Å². The lowest BCUT2D eigenvalue weighted by Crippen LogP contribution is -2.26. The lowest BCUT2D eigenvalue weighted by atomic mass is 10.2. The second kappa shape index (κ2) is 11.4. The molecule has 112 valence electrons. The standard InChI is InChI=1S/C14H24N4O2/c1-2-3-4-10-20-13-14(15)6-5-11-19-12-9-18-8-7-16-17-18/h7-8,14H,4-6,9-13,15H2,1H3. The van der Waals surface area contributed by atoms with Gasteiger partial charge < -0.3 is 15.2 Å². The number of aromatic nitrogens is 3. The van der Waals surface area contributed by atoms with Crippen molar-refractivity contribution < 1.29 is 9.47 Å². The van der Waals surface area contributed by atoms with Crippen LogP contribution in [-0.2, 0) is 16.0 Å². The fourth-order valence-corrected chi connectivity index (χ4v) is 1.63. The van der Waals surface area contributed by atoms with Crippen molar-refractivity contribution in [3.05, 3.63) is 12.4 Å². The van der Waals surface area contributed by atoms with Crippen LogP contribution in [0.15, 0.2) is 12.4 Å². The fourth-order valence-electron chi connectivity index (χ4n) is 1.63. The highest BCUT2D eigenvalue weighted by Crippen LogP contribution is 1.97. The number of ether oxygens (including phenoxy) is 2. The maximum Gasteiger partial charge on any atom is 0.0692 e. The van der Waals surface area contributed by atoms with Crippen molar-refractivity contribution in [3.63, 3.8) is 0 Å². The van der Waals surface area contributed by atoms with Crippen LogP contribution < -0.4 is 5.73 Å². The number of hydrogen-bond donors (Lipinski definition) is 1. The Morgan fingerprint density at radius 3 is 2.95 bits per heavy atom. The summed E-state index contributed by atoms with van der Waals surface area (Å²) < 4.78 is 12.7. The molecule has 0 spiro atoms. The van der Waals surface area contributed by atoms with Gasteiger partial charge in [0.1, 0.15) is 0 Å². The summed E-state index contributed by atoms with van der Waals surface area (Å²) >= 11 is 0. The summed E-state index contributed by atoms with van der Waals surface area (Å²) in [5, 5.41) is 7.58. The molecule has 1 rings (SSSR count). The number of nitrogens with two attached hydrogens (primary N) is 1. The Hall–Kier alpha value is -1.42. The summed E-state index contributed by atoms with van der Waals surface area (Å²) in [6.07, 6.45) is 6.10. The third-order valence-corrected chi connectivity index (χ3v) is 2.68. The van der Waals surface area contributed by atoms with Gasteiger partial charge in [-0.1, -0.05) is 5.21 Å². The molecule has 0 aliphatic rings. The SMILES string of the molecule is CC#CCCOCC(N)CCCOCCn1ccnn1. The van der Waals surface area contributed by atoms with Gasteiger partial charge in [-0.2, -0.15) is 0 Å². The normalized spacial score (nSPS) is 11.9. The van der Waals surface area contributed by atoms with Gasteiger partial charge in [0, 0.05) is 25.3 Å². The molecule has 0 aliphatic carbocycles. The predicted molar refractivity (Wildman–Crippen MR) is 76.9 cm³/mol. The summed E-state index contributed by atoms with van der Waals surface area (Å²) in [6, 6.07) is 0.0727. The van der Waals surface area contributed by atoms with Crippen LogP contribution in [-0.4, -0.2) is 47.5 Å². The summed E-state index contributed by atoms with van der Waals surface area (Å²) in [4.78, 5) is 0. The van der Waals surface area contributed by atoms with Crippen molar-refractivity contribution in [3.8, 4) is 11.8 Å². The van der Waals surface area contributed by atoms with E-state index in [2.05, 4.69) is 22.2 Å². The van der Waals surface area contributed by atoms with Gasteiger partial charge in [0.2, 0.25) is 0 Å². The summed E-state index contributed by atoms with van der Waals surface area (Å²) in [5.74, 6) is 5.78. The highest BCUT2D eigenvalue weighted by Gasteiger charge is 2.02. The molecule has 0 amide bonds. The molecule has 0 fully saturated rings. The largest absolute Gasteiger partial charge is 0.380 e. The minimum absolute atomic E-state index is 0.0727. The molecule has 0 aromatic carbocycles. The van der Waals surface area contributed by atoms with E-state index in [4.69, 9.17) is 15.2 Å². The van der Waals surface area contributed by atoms with Crippen LogP contribution in [0.5, 0.6) is 0 Å². The zero-order chi connectivity index (χ0) is 14.5. The first-order valence-corrected chi connectivity index (χ1v) is 6.97. The molecule has 1 heterocycles. The molecule has 20 heavy (non-hydrogen) atoms. The monoisotopic (exact) mass is 280 g/mol. The van der Waals surface area contributed by atoms with Gasteiger partial charge >= 0.3 is 0 Å². The second-order valence-electron chi connectivity index (χ2n) is 4.43. The molecule has 1 atom stereocenters. The third-order valence-electron chi connectivity index (χ3n) is 2.68. The van der Waals surface area contributed by atoms with Crippen LogP contribution in [0, 0.1) is 11.8 Å². The van der Waals surface area contributed by atoms with Crippen LogP contribution in [0.25, 0.3) is 0 Å². The summed E-state index contributed by atoms with van der Waals surface area (Å²) in [7, 11) is 0. The zero-order valence-corrected chi connectivity index (χ0v) is 12.1. The molecular weight excluding hydrogens is 256 g/mol. The quantitative estimate of drug-likeness (QED) is 0.480. The van der Waals surface area contributed by atoms with Gasteiger partial charge in [-0.25, -0.2) is 0 Å². The molecule has 0 radical (unpaired) electrons. The molecular formula is C14H24N4O2. The molecule has 0 bridgehead atoms. The highest BCUT2D eigenvalue weighted by molar-refractivity contribution is 4.94. The maximum absolute atomic E-state index is 5.94. The summed E-state index contributed by atoms with van der Waals surface area (Å²) in [5.41, 5.74) is 5.94. The lowest BCUT2D eigenvalue weighted by molar-refractivity contribution is 0.104. The molecule has 1 aromatic heterocycles. The average Bonchev–Trinajstić information content (AvgIpc) is 2.95. The minimum atomic E-state index is 0.0727. The Labute approximate surface area is 120 Å². The van der Waals surface area contributed by atoms with Gasteiger partial charge in [0.25, 0.3) is 0 Å². The smallest absolute Gasteiger partial charge is 0.0692 e. The van der Waals surface area contributed by atoms with Crippen LogP contribution >= 0.6 is 0 Å². The zero-order valence-electron chi connectivity index (χ0n) is 12.1. The topological polar surface area (TPSA) is 75.2 Å². The lowest BCUT2D eigenvalue weighted by Gasteiger charge is -2.11.